The molecule has 0 spiro atoms. The van der Waals surface area contributed by atoms with E-state index in [2.05, 4.69) is 5.32 Å². The molecule has 0 atom stereocenters. The molecule has 28 heavy (non-hydrogen) atoms. The molecule has 1 amide bonds. The summed E-state index contributed by atoms with van der Waals surface area (Å²) >= 11 is 13.2. The zero-order valence-corrected chi connectivity index (χ0v) is 17.5. The lowest BCUT2D eigenvalue weighted by molar-refractivity contribution is 0.0529. The molecule has 0 unspecified atom stereocenters. The van der Waals surface area contributed by atoms with E-state index in [9.17, 15) is 9.59 Å². The molecule has 7 heteroatoms. The van der Waals surface area contributed by atoms with Gasteiger partial charge in [-0.05, 0) is 37.6 Å². The summed E-state index contributed by atoms with van der Waals surface area (Å²) in [5.41, 5.74) is 3.39. The number of ether oxygens (including phenoxy) is 1. The fraction of sp³-hybridized carbons (Fsp3) is 0.143. The molecule has 1 heterocycles. The minimum atomic E-state index is -0.483. The van der Waals surface area contributed by atoms with Crippen molar-refractivity contribution in [3.05, 3.63) is 74.6 Å². The van der Waals surface area contributed by atoms with Crippen molar-refractivity contribution >= 4 is 51.4 Å². The Hall–Kier alpha value is -2.34. The SMILES string of the molecule is CCOC(=O)c1c(-c2ccc(C)cc2)csc1NC(=O)c1ccc(Cl)c(Cl)c1. The third kappa shape index (κ3) is 4.38. The molecule has 3 rings (SSSR count). The molecule has 0 fully saturated rings. The van der Waals surface area contributed by atoms with Crippen molar-refractivity contribution in [2.75, 3.05) is 11.9 Å². The third-order valence-electron chi connectivity index (χ3n) is 4.04. The number of esters is 1. The van der Waals surface area contributed by atoms with Crippen LogP contribution >= 0.6 is 34.5 Å². The summed E-state index contributed by atoms with van der Waals surface area (Å²) in [6, 6.07) is 12.4. The van der Waals surface area contributed by atoms with Crippen molar-refractivity contribution in [1.82, 2.24) is 0 Å². The van der Waals surface area contributed by atoms with Crippen LogP contribution in [-0.2, 0) is 4.74 Å². The van der Waals surface area contributed by atoms with E-state index in [0.29, 0.717) is 26.7 Å². The highest BCUT2D eigenvalue weighted by molar-refractivity contribution is 7.15. The van der Waals surface area contributed by atoms with Gasteiger partial charge in [0.2, 0.25) is 0 Å². The first-order valence-electron chi connectivity index (χ1n) is 8.52. The largest absolute Gasteiger partial charge is 0.462 e. The highest BCUT2D eigenvalue weighted by Crippen LogP contribution is 2.36. The fourth-order valence-corrected chi connectivity index (χ4v) is 3.86. The van der Waals surface area contributed by atoms with Gasteiger partial charge in [0.25, 0.3) is 5.91 Å². The van der Waals surface area contributed by atoms with Crippen LogP contribution in [0.4, 0.5) is 5.00 Å². The van der Waals surface area contributed by atoms with Gasteiger partial charge < -0.3 is 10.1 Å². The number of carbonyl (C=O) groups excluding carboxylic acids is 2. The molecule has 0 aliphatic carbocycles. The van der Waals surface area contributed by atoms with Gasteiger partial charge in [-0.25, -0.2) is 4.79 Å². The smallest absolute Gasteiger partial charge is 0.341 e. The number of halogens is 2. The molecule has 3 aromatic rings. The molecule has 0 saturated carbocycles. The number of amides is 1. The first-order chi connectivity index (χ1) is 13.4. The topological polar surface area (TPSA) is 55.4 Å². The van der Waals surface area contributed by atoms with Gasteiger partial charge in [0.05, 0.1) is 16.7 Å². The van der Waals surface area contributed by atoms with Crippen molar-refractivity contribution in [3.63, 3.8) is 0 Å². The van der Waals surface area contributed by atoms with Gasteiger partial charge in [-0.3, -0.25) is 4.79 Å². The van der Waals surface area contributed by atoms with Crippen molar-refractivity contribution in [2.24, 2.45) is 0 Å². The van der Waals surface area contributed by atoms with E-state index >= 15 is 0 Å². The quantitative estimate of drug-likeness (QED) is 0.469. The Morgan fingerprint density at radius 2 is 1.79 bits per heavy atom. The first-order valence-corrected chi connectivity index (χ1v) is 10.2. The van der Waals surface area contributed by atoms with Crippen LogP contribution < -0.4 is 5.32 Å². The molecule has 4 nitrogen and oxygen atoms in total. The molecule has 1 N–H and O–H groups in total. The van der Waals surface area contributed by atoms with E-state index in [1.807, 2.05) is 36.6 Å². The molecule has 2 aromatic carbocycles. The lowest BCUT2D eigenvalue weighted by Crippen LogP contribution is -2.14. The molecule has 1 aromatic heterocycles. The summed E-state index contributed by atoms with van der Waals surface area (Å²) < 4.78 is 5.21. The molecule has 0 bridgehead atoms. The number of thiophene rings is 1. The van der Waals surface area contributed by atoms with Gasteiger partial charge in [-0.2, -0.15) is 0 Å². The molecule has 0 aliphatic heterocycles. The maximum absolute atomic E-state index is 12.6. The lowest BCUT2D eigenvalue weighted by Gasteiger charge is -2.09. The number of aryl methyl sites for hydroxylation is 1. The van der Waals surface area contributed by atoms with Crippen LogP contribution in [0.5, 0.6) is 0 Å². The number of rotatable bonds is 5. The van der Waals surface area contributed by atoms with E-state index in [1.54, 1.807) is 19.1 Å². The summed E-state index contributed by atoms with van der Waals surface area (Å²) in [6.07, 6.45) is 0. The van der Waals surface area contributed by atoms with E-state index in [4.69, 9.17) is 27.9 Å². The van der Waals surface area contributed by atoms with Crippen LogP contribution in [0.2, 0.25) is 10.0 Å². The summed E-state index contributed by atoms with van der Waals surface area (Å²) in [6.45, 7) is 3.97. The number of anilines is 1. The van der Waals surface area contributed by atoms with Crippen LogP contribution in [0.25, 0.3) is 11.1 Å². The van der Waals surface area contributed by atoms with E-state index in [-0.39, 0.29) is 17.5 Å². The number of nitrogens with one attached hydrogen (secondary N) is 1. The average molecular weight is 434 g/mol. The van der Waals surface area contributed by atoms with Crippen LogP contribution in [0.3, 0.4) is 0 Å². The van der Waals surface area contributed by atoms with Gasteiger partial charge in [-0.15, -0.1) is 11.3 Å². The zero-order chi connectivity index (χ0) is 20.3. The summed E-state index contributed by atoms with van der Waals surface area (Å²) in [4.78, 5) is 25.2. The Morgan fingerprint density at radius 3 is 2.43 bits per heavy atom. The molecular formula is C21H17Cl2NO3S. The zero-order valence-electron chi connectivity index (χ0n) is 15.2. The van der Waals surface area contributed by atoms with E-state index in [1.165, 1.54) is 17.4 Å². The van der Waals surface area contributed by atoms with Gasteiger partial charge in [0.1, 0.15) is 10.6 Å². The minimum absolute atomic E-state index is 0.238. The first kappa shape index (κ1) is 20.4. The van der Waals surface area contributed by atoms with Crippen LogP contribution in [-0.4, -0.2) is 18.5 Å². The Balaban J connectivity index is 1.98. The Morgan fingerprint density at radius 1 is 1.07 bits per heavy atom. The van der Waals surface area contributed by atoms with Crippen LogP contribution in [0, 0.1) is 6.92 Å². The van der Waals surface area contributed by atoms with E-state index in [0.717, 1.165) is 11.1 Å². The van der Waals surface area contributed by atoms with Crippen LogP contribution in [0.15, 0.2) is 47.8 Å². The number of carbonyl (C=O) groups is 2. The van der Waals surface area contributed by atoms with Crippen molar-refractivity contribution < 1.29 is 14.3 Å². The number of hydrogen-bond acceptors (Lipinski definition) is 4. The Labute approximate surface area is 177 Å². The highest BCUT2D eigenvalue weighted by atomic mass is 35.5. The number of hydrogen-bond donors (Lipinski definition) is 1. The Kier molecular flexibility index (Phi) is 6.39. The second-order valence-electron chi connectivity index (χ2n) is 6.02. The second kappa shape index (κ2) is 8.78. The fourth-order valence-electron chi connectivity index (χ4n) is 2.61. The predicted octanol–water partition coefficient (Wildman–Crippen LogP) is 6.46. The molecule has 0 radical (unpaired) electrons. The van der Waals surface area contributed by atoms with Crippen LogP contribution in [0.1, 0.15) is 33.2 Å². The minimum Gasteiger partial charge on any atom is -0.462 e. The molecule has 144 valence electrons. The molecule has 0 aliphatic rings. The van der Waals surface area contributed by atoms with Gasteiger partial charge in [0, 0.05) is 16.5 Å². The molecular weight excluding hydrogens is 417 g/mol. The monoisotopic (exact) mass is 433 g/mol. The Bertz CT molecular complexity index is 1030. The van der Waals surface area contributed by atoms with Crippen molar-refractivity contribution in [3.8, 4) is 11.1 Å². The maximum Gasteiger partial charge on any atom is 0.341 e. The predicted molar refractivity (Wildman–Crippen MR) is 115 cm³/mol. The van der Waals surface area contributed by atoms with Crippen molar-refractivity contribution in [1.29, 1.82) is 0 Å². The highest BCUT2D eigenvalue weighted by Gasteiger charge is 2.23. The number of benzene rings is 2. The van der Waals surface area contributed by atoms with Gasteiger partial charge in [-0.1, -0.05) is 53.0 Å². The van der Waals surface area contributed by atoms with E-state index < -0.39 is 5.97 Å². The van der Waals surface area contributed by atoms with Crippen molar-refractivity contribution in [2.45, 2.75) is 13.8 Å². The third-order valence-corrected chi connectivity index (χ3v) is 5.68. The summed E-state index contributed by atoms with van der Waals surface area (Å²) in [7, 11) is 0. The average Bonchev–Trinajstić information content (AvgIpc) is 3.08. The maximum atomic E-state index is 12.6. The molecule has 0 saturated heterocycles. The van der Waals surface area contributed by atoms with Gasteiger partial charge >= 0.3 is 5.97 Å². The standard InChI is InChI=1S/C21H17Cl2NO3S/c1-3-27-21(26)18-15(13-6-4-12(2)5-7-13)11-28-20(18)24-19(25)14-8-9-16(22)17(23)10-14/h4-11H,3H2,1-2H3,(H,24,25). The normalized spacial score (nSPS) is 10.6. The summed E-state index contributed by atoms with van der Waals surface area (Å²) in [5, 5.41) is 5.70. The lowest BCUT2D eigenvalue weighted by atomic mass is 10.0. The second-order valence-corrected chi connectivity index (χ2v) is 7.72. The van der Waals surface area contributed by atoms with Gasteiger partial charge in [0.15, 0.2) is 0 Å². The summed E-state index contributed by atoms with van der Waals surface area (Å²) in [5.74, 6) is -0.870.